The Labute approximate surface area is 115 Å². The van der Waals surface area contributed by atoms with Crippen LogP contribution in [0.4, 0.5) is 0 Å². The molecule has 3 rings (SSSR count). The van der Waals surface area contributed by atoms with Gasteiger partial charge >= 0.3 is 0 Å². The lowest BCUT2D eigenvalue weighted by Crippen LogP contribution is -2.48. The van der Waals surface area contributed by atoms with Crippen LogP contribution < -0.4 is 5.32 Å². The highest BCUT2D eigenvalue weighted by Gasteiger charge is 2.45. The molecule has 1 aromatic rings. The number of likely N-dealkylation sites (tertiary alicyclic amines) is 1. The Morgan fingerprint density at radius 1 is 1.32 bits per heavy atom. The summed E-state index contributed by atoms with van der Waals surface area (Å²) >= 11 is 0. The molecule has 2 heterocycles. The lowest BCUT2D eigenvalue weighted by atomic mass is 9.94. The van der Waals surface area contributed by atoms with Gasteiger partial charge in [-0.2, -0.15) is 0 Å². The number of benzene rings is 1. The highest BCUT2D eigenvalue weighted by Crippen LogP contribution is 2.35. The molecular formula is C16H22N2O. The lowest BCUT2D eigenvalue weighted by Gasteiger charge is -2.34. The molecule has 1 unspecified atom stereocenters. The number of nitrogens with zero attached hydrogens (tertiary/aromatic N) is 1. The Bertz CT molecular complexity index is 455. The maximum Gasteiger partial charge on any atom is 0.254 e. The zero-order chi connectivity index (χ0) is 13.3. The molecule has 0 saturated carbocycles. The summed E-state index contributed by atoms with van der Waals surface area (Å²) in [7, 11) is 0. The first-order valence-corrected chi connectivity index (χ1v) is 7.37. The van der Waals surface area contributed by atoms with Gasteiger partial charge in [0.2, 0.25) is 0 Å². The van der Waals surface area contributed by atoms with Gasteiger partial charge in [0.15, 0.2) is 0 Å². The van der Waals surface area contributed by atoms with Crippen LogP contribution in [0.2, 0.25) is 0 Å². The molecule has 2 aliphatic rings. The second-order valence-electron chi connectivity index (χ2n) is 5.76. The summed E-state index contributed by atoms with van der Waals surface area (Å²) in [6.07, 6.45) is 4.41. The van der Waals surface area contributed by atoms with Crippen LogP contribution in [-0.2, 0) is 6.42 Å². The van der Waals surface area contributed by atoms with Gasteiger partial charge in [0.25, 0.3) is 5.91 Å². The largest absolute Gasteiger partial charge is 0.332 e. The molecule has 19 heavy (non-hydrogen) atoms. The first kappa shape index (κ1) is 12.7. The first-order chi connectivity index (χ1) is 9.25. The van der Waals surface area contributed by atoms with Crippen molar-refractivity contribution in [3.05, 3.63) is 35.4 Å². The third-order valence-electron chi connectivity index (χ3n) is 4.67. The molecular weight excluding hydrogens is 236 g/mol. The van der Waals surface area contributed by atoms with Gasteiger partial charge < -0.3 is 10.2 Å². The Hall–Kier alpha value is -1.35. The first-order valence-electron chi connectivity index (χ1n) is 7.37. The predicted molar refractivity (Wildman–Crippen MR) is 76.3 cm³/mol. The zero-order valence-electron chi connectivity index (χ0n) is 11.6. The second kappa shape index (κ2) is 4.97. The van der Waals surface area contributed by atoms with E-state index in [1.807, 2.05) is 12.1 Å². The fourth-order valence-corrected chi connectivity index (χ4v) is 3.47. The molecule has 102 valence electrons. The number of hydrogen-bond donors (Lipinski definition) is 1. The Balaban J connectivity index is 1.82. The summed E-state index contributed by atoms with van der Waals surface area (Å²) in [4.78, 5) is 14.8. The third-order valence-corrected chi connectivity index (χ3v) is 4.67. The van der Waals surface area contributed by atoms with Crippen molar-refractivity contribution < 1.29 is 4.79 Å². The van der Waals surface area contributed by atoms with Crippen LogP contribution in [0, 0.1) is 0 Å². The molecule has 2 saturated heterocycles. The van der Waals surface area contributed by atoms with Gasteiger partial charge in [0.1, 0.15) is 0 Å². The van der Waals surface area contributed by atoms with Crippen molar-refractivity contribution in [3.8, 4) is 0 Å². The quantitative estimate of drug-likeness (QED) is 0.882. The predicted octanol–water partition coefficient (Wildman–Crippen LogP) is 2.22. The number of hydrogen-bond acceptors (Lipinski definition) is 2. The normalized spacial score (nSPS) is 26.3. The summed E-state index contributed by atoms with van der Waals surface area (Å²) in [5.41, 5.74) is 2.22. The van der Waals surface area contributed by atoms with E-state index in [1.54, 1.807) is 0 Å². The minimum atomic E-state index is 0.0977. The molecule has 0 aromatic heterocycles. The van der Waals surface area contributed by atoms with E-state index in [4.69, 9.17) is 0 Å². The summed E-state index contributed by atoms with van der Waals surface area (Å²) in [5, 5.41) is 3.42. The average molecular weight is 258 g/mol. The highest BCUT2D eigenvalue weighted by atomic mass is 16.2. The number of rotatable bonds is 2. The average Bonchev–Trinajstić information content (AvgIpc) is 3.09. The van der Waals surface area contributed by atoms with Crippen molar-refractivity contribution in [3.63, 3.8) is 0 Å². The van der Waals surface area contributed by atoms with Gasteiger partial charge in [-0.25, -0.2) is 0 Å². The van der Waals surface area contributed by atoms with E-state index in [2.05, 4.69) is 29.3 Å². The maximum atomic E-state index is 12.7. The fourth-order valence-electron chi connectivity index (χ4n) is 3.47. The lowest BCUT2D eigenvalue weighted by molar-refractivity contribution is 0.0625. The Morgan fingerprint density at radius 3 is 2.74 bits per heavy atom. The molecule has 1 spiro atoms. The minimum Gasteiger partial charge on any atom is -0.332 e. The molecule has 3 heteroatoms. The summed E-state index contributed by atoms with van der Waals surface area (Å²) < 4.78 is 0. The van der Waals surface area contributed by atoms with E-state index in [1.165, 1.54) is 5.56 Å². The van der Waals surface area contributed by atoms with E-state index >= 15 is 0 Å². The monoisotopic (exact) mass is 258 g/mol. The Kier molecular flexibility index (Phi) is 3.31. The van der Waals surface area contributed by atoms with E-state index < -0.39 is 0 Å². The number of carbonyl (C=O) groups is 1. The molecule has 3 nitrogen and oxygen atoms in total. The van der Waals surface area contributed by atoms with Crippen LogP contribution in [-0.4, -0.2) is 36.0 Å². The molecule has 1 N–H and O–H groups in total. The van der Waals surface area contributed by atoms with E-state index in [-0.39, 0.29) is 11.4 Å². The van der Waals surface area contributed by atoms with Crippen molar-refractivity contribution in [2.45, 2.75) is 38.1 Å². The standard InChI is InChI=1S/C16H22N2O/c1-2-13-4-6-14(7-5-13)15(19)18-11-3-8-16(18)9-10-17-12-16/h4-7,17H,2-3,8-12H2,1H3. The minimum absolute atomic E-state index is 0.0977. The van der Waals surface area contributed by atoms with Crippen LogP contribution in [0.15, 0.2) is 24.3 Å². The van der Waals surface area contributed by atoms with E-state index in [9.17, 15) is 4.79 Å². The van der Waals surface area contributed by atoms with Gasteiger partial charge in [0.05, 0.1) is 5.54 Å². The van der Waals surface area contributed by atoms with Gasteiger partial charge in [0, 0.05) is 18.7 Å². The van der Waals surface area contributed by atoms with Crippen molar-refractivity contribution in [2.24, 2.45) is 0 Å². The second-order valence-corrected chi connectivity index (χ2v) is 5.76. The van der Waals surface area contributed by atoms with Crippen LogP contribution in [0.5, 0.6) is 0 Å². The summed E-state index contributed by atoms with van der Waals surface area (Å²) in [6, 6.07) is 8.11. The topological polar surface area (TPSA) is 32.3 Å². The van der Waals surface area contributed by atoms with Crippen molar-refractivity contribution in [1.82, 2.24) is 10.2 Å². The van der Waals surface area contributed by atoms with Crippen LogP contribution in [0.25, 0.3) is 0 Å². The number of carbonyl (C=O) groups excluding carboxylic acids is 1. The molecule has 0 radical (unpaired) electrons. The molecule has 1 atom stereocenters. The number of aryl methyl sites for hydroxylation is 1. The van der Waals surface area contributed by atoms with Crippen molar-refractivity contribution in [1.29, 1.82) is 0 Å². The van der Waals surface area contributed by atoms with E-state index in [0.29, 0.717) is 0 Å². The van der Waals surface area contributed by atoms with Crippen molar-refractivity contribution >= 4 is 5.91 Å². The van der Waals surface area contributed by atoms with Crippen LogP contribution >= 0.6 is 0 Å². The highest BCUT2D eigenvalue weighted by molar-refractivity contribution is 5.95. The smallest absolute Gasteiger partial charge is 0.254 e. The van der Waals surface area contributed by atoms with E-state index in [0.717, 1.165) is 50.9 Å². The van der Waals surface area contributed by atoms with Gasteiger partial charge in [-0.1, -0.05) is 19.1 Å². The number of nitrogens with one attached hydrogen (secondary N) is 1. The van der Waals surface area contributed by atoms with Gasteiger partial charge in [-0.15, -0.1) is 0 Å². The van der Waals surface area contributed by atoms with Crippen LogP contribution in [0.1, 0.15) is 42.1 Å². The molecule has 0 aliphatic carbocycles. The van der Waals surface area contributed by atoms with Gasteiger partial charge in [-0.3, -0.25) is 4.79 Å². The SMILES string of the molecule is CCc1ccc(C(=O)N2CCCC23CCNC3)cc1. The summed E-state index contributed by atoms with van der Waals surface area (Å²) in [5.74, 6) is 0.212. The maximum absolute atomic E-state index is 12.7. The van der Waals surface area contributed by atoms with Crippen LogP contribution in [0.3, 0.4) is 0 Å². The third kappa shape index (κ3) is 2.16. The molecule has 2 aliphatic heterocycles. The zero-order valence-corrected chi connectivity index (χ0v) is 11.6. The molecule has 0 bridgehead atoms. The fraction of sp³-hybridized carbons (Fsp3) is 0.562. The molecule has 1 amide bonds. The number of amides is 1. The van der Waals surface area contributed by atoms with Gasteiger partial charge in [-0.05, 0) is 49.9 Å². The molecule has 1 aromatic carbocycles. The van der Waals surface area contributed by atoms with Crippen molar-refractivity contribution in [2.75, 3.05) is 19.6 Å². The Morgan fingerprint density at radius 2 is 2.11 bits per heavy atom. The molecule has 2 fully saturated rings. The summed E-state index contributed by atoms with van der Waals surface area (Å²) in [6.45, 7) is 5.05.